The van der Waals surface area contributed by atoms with Crippen LogP contribution in [-0.2, 0) is 9.47 Å². The summed E-state index contributed by atoms with van der Waals surface area (Å²) in [6.45, 7) is 4.42. The summed E-state index contributed by atoms with van der Waals surface area (Å²) in [5, 5.41) is 0. The van der Waals surface area contributed by atoms with Gasteiger partial charge in [-0.3, -0.25) is 4.90 Å². The second-order valence-electron chi connectivity index (χ2n) is 7.75. The van der Waals surface area contributed by atoms with Gasteiger partial charge in [0.2, 0.25) is 0 Å². The smallest absolute Gasteiger partial charge is 0.156 e. The number of nitrogens with zero attached hydrogens (tertiary/aromatic N) is 1. The van der Waals surface area contributed by atoms with Crippen LogP contribution in [0.25, 0.3) is 0 Å². The van der Waals surface area contributed by atoms with Gasteiger partial charge < -0.3 is 9.47 Å². The zero-order valence-electron chi connectivity index (χ0n) is 16.1. The second-order valence-corrected chi connectivity index (χ2v) is 7.75. The van der Waals surface area contributed by atoms with Crippen molar-refractivity contribution in [3.63, 3.8) is 0 Å². The quantitative estimate of drug-likeness (QED) is 0.683. The second kappa shape index (κ2) is 8.62. The first-order chi connectivity index (χ1) is 13.3. The molecule has 3 nitrogen and oxygen atoms in total. The van der Waals surface area contributed by atoms with Crippen LogP contribution >= 0.6 is 0 Å². The first kappa shape index (κ1) is 18.1. The number of rotatable bonds is 5. The molecule has 1 aromatic rings. The Bertz CT molecular complexity index is 774. The highest BCUT2D eigenvalue weighted by molar-refractivity contribution is 5.30. The van der Waals surface area contributed by atoms with E-state index in [4.69, 9.17) is 9.47 Å². The van der Waals surface area contributed by atoms with Gasteiger partial charge >= 0.3 is 0 Å². The number of allylic oxidation sites excluding steroid dienone is 3. The predicted molar refractivity (Wildman–Crippen MR) is 109 cm³/mol. The Morgan fingerprint density at radius 2 is 2.15 bits per heavy atom. The van der Waals surface area contributed by atoms with Crippen molar-refractivity contribution in [3.8, 4) is 0 Å². The number of hydrogen-bond acceptors (Lipinski definition) is 3. The number of benzene rings is 1. The molecular formula is C24H29NO2. The van der Waals surface area contributed by atoms with E-state index in [1.165, 1.54) is 29.5 Å². The minimum absolute atomic E-state index is 0.236. The van der Waals surface area contributed by atoms with E-state index in [1.54, 1.807) is 18.8 Å². The molecule has 1 saturated heterocycles. The fraction of sp³-hybridized carbons (Fsp3) is 0.417. The lowest BCUT2D eigenvalue weighted by Crippen LogP contribution is -2.44. The van der Waals surface area contributed by atoms with Crippen molar-refractivity contribution >= 4 is 0 Å². The molecule has 2 heterocycles. The maximum Gasteiger partial charge on any atom is 0.156 e. The van der Waals surface area contributed by atoms with Crippen molar-refractivity contribution < 1.29 is 9.47 Å². The predicted octanol–water partition coefficient (Wildman–Crippen LogP) is 5.57. The molecule has 0 saturated carbocycles. The summed E-state index contributed by atoms with van der Waals surface area (Å²) in [5.74, 6) is 1.52. The molecule has 2 unspecified atom stereocenters. The van der Waals surface area contributed by atoms with E-state index >= 15 is 0 Å². The van der Waals surface area contributed by atoms with Gasteiger partial charge in [0, 0.05) is 6.54 Å². The molecule has 4 rings (SSSR count). The number of piperidine rings is 1. The van der Waals surface area contributed by atoms with Gasteiger partial charge in [-0.1, -0.05) is 48.1 Å². The molecule has 0 radical (unpaired) electrons. The van der Waals surface area contributed by atoms with Crippen LogP contribution in [0.5, 0.6) is 0 Å². The maximum atomic E-state index is 5.87. The van der Waals surface area contributed by atoms with Gasteiger partial charge in [0.05, 0.1) is 6.04 Å². The molecule has 0 bridgehead atoms. The highest BCUT2D eigenvalue weighted by Gasteiger charge is 2.31. The van der Waals surface area contributed by atoms with Gasteiger partial charge in [-0.2, -0.15) is 0 Å². The molecule has 0 amide bonds. The van der Waals surface area contributed by atoms with Crippen molar-refractivity contribution in [2.24, 2.45) is 0 Å². The van der Waals surface area contributed by atoms with Gasteiger partial charge in [-0.15, -0.1) is 0 Å². The van der Waals surface area contributed by atoms with Crippen LogP contribution < -0.4 is 0 Å². The van der Waals surface area contributed by atoms with Gasteiger partial charge in [0.15, 0.2) is 5.76 Å². The minimum Gasteiger partial charge on any atom is -0.466 e. The number of ether oxygens (including phenoxy) is 2. The third-order valence-corrected chi connectivity index (χ3v) is 5.93. The molecule has 27 heavy (non-hydrogen) atoms. The monoisotopic (exact) mass is 363 g/mol. The highest BCUT2D eigenvalue weighted by atomic mass is 16.5. The Morgan fingerprint density at radius 1 is 1.22 bits per heavy atom. The van der Waals surface area contributed by atoms with Crippen LogP contribution in [0.4, 0.5) is 0 Å². The third kappa shape index (κ3) is 4.36. The zero-order valence-corrected chi connectivity index (χ0v) is 16.1. The maximum absolute atomic E-state index is 5.87. The Hall–Kier alpha value is -2.26. The van der Waals surface area contributed by atoms with Crippen molar-refractivity contribution in [2.75, 3.05) is 13.1 Å². The molecule has 1 fully saturated rings. The fourth-order valence-electron chi connectivity index (χ4n) is 4.50. The van der Waals surface area contributed by atoms with Gasteiger partial charge in [-0.25, -0.2) is 0 Å². The summed E-state index contributed by atoms with van der Waals surface area (Å²) in [6.07, 6.45) is 17.5. The first-order valence-corrected chi connectivity index (χ1v) is 10.1. The summed E-state index contributed by atoms with van der Waals surface area (Å²) in [7, 11) is 0. The molecular weight excluding hydrogens is 334 g/mol. The van der Waals surface area contributed by atoms with Crippen LogP contribution in [0.15, 0.2) is 72.6 Å². The molecule has 142 valence electrons. The van der Waals surface area contributed by atoms with Crippen LogP contribution in [0.3, 0.4) is 0 Å². The number of aryl methyl sites for hydroxylation is 1. The van der Waals surface area contributed by atoms with Crippen LogP contribution in [-0.4, -0.2) is 24.0 Å². The lowest BCUT2D eigenvalue weighted by atomic mass is 9.86. The summed E-state index contributed by atoms with van der Waals surface area (Å²) >= 11 is 0. The van der Waals surface area contributed by atoms with E-state index in [1.807, 2.05) is 0 Å². The highest BCUT2D eigenvalue weighted by Crippen LogP contribution is 2.34. The minimum atomic E-state index is 0.236. The van der Waals surface area contributed by atoms with E-state index in [9.17, 15) is 0 Å². The largest absolute Gasteiger partial charge is 0.466 e. The third-order valence-electron chi connectivity index (χ3n) is 5.93. The molecule has 0 aromatic heterocycles. The normalized spacial score (nSPS) is 23.8. The Balaban J connectivity index is 1.55. The topological polar surface area (TPSA) is 21.7 Å². The average molecular weight is 364 g/mol. The molecule has 1 aliphatic carbocycles. The van der Waals surface area contributed by atoms with Crippen LogP contribution in [0, 0.1) is 6.92 Å². The van der Waals surface area contributed by atoms with Gasteiger partial charge in [-0.05, 0) is 62.6 Å². The Kier molecular flexibility index (Phi) is 5.78. The number of hydrogen-bond donors (Lipinski definition) is 0. The molecule has 3 heteroatoms. The van der Waals surface area contributed by atoms with E-state index < -0.39 is 0 Å². The van der Waals surface area contributed by atoms with Gasteiger partial charge in [0.25, 0.3) is 0 Å². The lowest BCUT2D eigenvalue weighted by Gasteiger charge is -2.39. The summed E-state index contributed by atoms with van der Waals surface area (Å²) in [5.41, 5.74) is 4.40. The summed E-state index contributed by atoms with van der Waals surface area (Å²) in [4.78, 5) is 2.61. The molecule has 0 N–H and O–H groups in total. The summed E-state index contributed by atoms with van der Waals surface area (Å²) < 4.78 is 11.3. The number of likely N-dealkylation sites (tertiary alicyclic amines) is 1. The molecule has 2 atom stereocenters. The average Bonchev–Trinajstić information content (AvgIpc) is 2.74. The Labute approximate surface area is 162 Å². The van der Waals surface area contributed by atoms with Gasteiger partial charge in [0.1, 0.15) is 18.8 Å². The molecule has 1 aromatic carbocycles. The molecule has 0 spiro atoms. The van der Waals surface area contributed by atoms with Crippen molar-refractivity contribution in [3.05, 3.63) is 83.7 Å². The standard InChI is InChI=1S/C24H29NO2/c1-19-8-5-6-12-22(19)21-11-7-13-25(17-21)23(24-18-26-14-15-27-24)16-20-9-3-2-4-10-20/h2-3,5-6,8-9,12,14-15,18,21,23H,4,7,10-11,13,16-17H2,1H3. The fourth-order valence-corrected chi connectivity index (χ4v) is 4.50. The van der Waals surface area contributed by atoms with E-state index in [0.29, 0.717) is 5.92 Å². The lowest BCUT2D eigenvalue weighted by molar-refractivity contribution is 0.115. The van der Waals surface area contributed by atoms with Crippen molar-refractivity contribution in [1.29, 1.82) is 0 Å². The van der Waals surface area contributed by atoms with E-state index in [0.717, 1.165) is 38.1 Å². The van der Waals surface area contributed by atoms with Crippen LogP contribution in [0.2, 0.25) is 0 Å². The first-order valence-electron chi connectivity index (χ1n) is 10.1. The zero-order chi connectivity index (χ0) is 18.5. The van der Waals surface area contributed by atoms with E-state index in [2.05, 4.69) is 54.3 Å². The Morgan fingerprint density at radius 3 is 2.93 bits per heavy atom. The molecule has 2 aliphatic heterocycles. The van der Waals surface area contributed by atoms with Crippen LogP contribution in [0.1, 0.15) is 49.1 Å². The summed E-state index contributed by atoms with van der Waals surface area (Å²) in [6, 6.07) is 9.07. The van der Waals surface area contributed by atoms with Crippen molar-refractivity contribution in [1.82, 2.24) is 4.90 Å². The SMILES string of the molecule is Cc1ccccc1C1CCCN(C(CC2=CC=CCC2)C2=COC=CO2)C1. The van der Waals surface area contributed by atoms with E-state index in [-0.39, 0.29) is 6.04 Å². The van der Waals surface area contributed by atoms with Crippen molar-refractivity contribution in [2.45, 2.75) is 51.0 Å². The molecule has 3 aliphatic rings.